The number of carbonyl (C=O) groups is 1. The summed E-state index contributed by atoms with van der Waals surface area (Å²) in [7, 11) is 0. The number of hydrogen-bond acceptors (Lipinski definition) is 3. The van der Waals surface area contributed by atoms with E-state index in [0.717, 1.165) is 10.0 Å². The number of rotatable bonds is 3. The lowest BCUT2D eigenvalue weighted by atomic mass is 10.2. The molecule has 0 radical (unpaired) electrons. The van der Waals surface area contributed by atoms with Crippen molar-refractivity contribution in [2.45, 2.75) is 0 Å². The van der Waals surface area contributed by atoms with E-state index in [1.165, 1.54) is 0 Å². The van der Waals surface area contributed by atoms with E-state index in [2.05, 4.69) is 26.5 Å². The summed E-state index contributed by atoms with van der Waals surface area (Å²) in [6.45, 7) is 0. The Balaban J connectivity index is 2.01. The van der Waals surface area contributed by atoms with Gasteiger partial charge in [-0.15, -0.1) is 0 Å². The minimum Gasteiger partial charge on any atom is -0.399 e. The maximum atomic E-state index is 11.8. The average Bonchev–Trinajstić information content (AvgIpc) is 2.41. The molecule has 5 heteroatoms. The van der Waals surface area contributed by atoms with Gasteiger partial charge in [-0.05, 0) is 30.3 Å². The van der Waals surface area contributed by atoms with Crippen molar-refractivity contribution in [1.82, 2.24) is 5.43 Å². The molecule has 4 nitrogen and oxygen atoms in total. The molecule has 0 saturated heterocycles. The van der Waals surface area contributed by atoms with Crippen molar-refractivity contribution >= 4 is 33.7 Å². The van der Waals surface area contributed by atoms with Crippen LogP contribution in [0, 0.1) is 0 Å². The maximum absolute atomic E-state index is 11.8. The first kappa shape index (κ1) is 13.3. The molecule has 0 aromatic heterocycles. The lowest BCUT2D eigenvalue weighted by Gasteiger charge is -2.00. The molecule has 0 aliphatic rings. The van der Waals surface area contributed by atoms with Crippen LogP contribution in [0.3, 0.4) is 0 Å². The van der Waals surface area contributed by atoms with Gasteiger partial charge in [-0.2, -0.15) is 5.10 Å². The Labute approximate surface area is 119 Å². The van der Waals surface area contributed by atoms with E-state index < -0.39 is 0 Å². The van der Waals surface area contributed by atoms with Crippen LogP contribution < -0.4 is 11.2 Å². The number of nitrogen functional groups attached to an aromatic ring is 1. The number of nitrogens with zero attached hydrogens (tertiary/aromatic N) is 1. The van der Waals surface area contributed by atoms with Gasteiger partial charge in [0.1, 0.15) is 0 Å². The molecule has 0 spiro atoms. The van der Waals surface area contributed by atoms with Gasteiger partial charge in [0.05, 0.1) is 6.21 Å². The third-order valence-electron chi connectivity index (χ3n) is 2.45. The lowest BCUT2D eigenvalue weighted by molar-refractivity contribution is 0.0955. The first-order chi connectivity index (χ1) is 9.16. The maximum Gasteiger partial charge on any atom is 0.271 e. The van der Waals surface area contributed by atoms with Gasteiger partial charge in [0.2, 0.25) is 0 Å². The zero-order valence-electron chi connectivity index (χ0n) is 10.0. The lowest BCUT2D eigenvalue weighted by Crippen LogP contribution is -2.17. The first-order valence-electron chi connectivity index (χ1n) is 5.60. The summed E-state index contributed by atoms with van der Waals surface area (Å²) < 4.78 is 0.917. The molecule has 96 valence electrons. The molecule has 0 atom stereocenters. The number of hydrogen-bond donors (Lipinski definition) is 2. The van der Waals surface area contributed by atoms with Gasteiger partial charge < -0.3 is 5.73 Å². The SMILES string of the molecule is Nc1ccc(C(=O)N/N=C\c2ccccc2Br)cc1. The van der Waals surface area contributed by atoms with Gasteiger partial charge in [-0.25, -0.2) is 5.43 Å². The predicted octanol–water partition coefficient (Wildman–Crippen LogP) is 2.80. The van der Waals surface area contributed by atoms with E-state index in [1.54, 1.807) is 30.5 Å². The van der Waals surface area contributed by atoms with Crippen LogP contribution in [0.15, 0.2) is 58.1 Å². The number of halogens is 1. The number of nitrogens with two attached hydrogens (primary N) is 1. The largest absolute Gasteiger partial charge is 0.399 e. The Bertz CT molecular complexity index is 608. The van der Waals surface area contributed by atoms with Crippen LogP contribution in [-0.2, 0) is 0 Å². The zero-order chi connectivity index (χ0) is 13.7. The molecule has 0 unspecified atom stereocenters. The van der Waals surface area contributed by atoms with Crippen molar-refractivity contribution in [2.75, 3.05) is 5.73 Å². The second-order valence-corrected chi connectivity index (χ2v) is 4.70. The highest BCUT2D eigenvalue weighted by Gasteiger charge is 2.02. The first-order valence-corrected chi connectivity index (χ1v) is 6.39. The third kappa shape index (κ3) is 3.66. The summed E-state index contributed by atoms with van der Waals surface area (Å²) in [6, 6.07) is 14.3. The number of benzene rings is 2. The molecule has 19 heavy (non-hydrogen) atoms. The van der Waals surface area contributed by atoms with E-state index >= 15 is 0 Å². The Morgan fingerprint density at radius 2 is 1.84 bits per heavy atom. The smallest absolute Gasteiger partial charge is 0.271 e. The van der Waals surface area contributed by atoms with Crippen LogP contribution in [0.5, 0.6) is 0 Å². The Hall–Kier alpha value is -2.14. The molecular formula is C14H12BrN3O. The molecule has 3 N–H and O–H groups in total. The van der Waals surface area contributed by atoms with Gasteiger partial charge in [0.15, 0.2) is 0 Å². The summed E-state index contributed by atoms with van der Waals surface area (Å²) in [5.41, 5.74) is 10.0. The third-order valence-corrected chi connectivity index (χ3v) is 3.17. The van der Waals surface area contributed by atoms with E-state index in [9.17, 15) is 4.79 Å². The molecular weight excluding hydrogens is 306 g/mol. The van der Waals surface area contributed by atoms with Crippen molar-refractivity contribution in [3.63, 3.8) is 0 Å². The number of anilines is 1. The molecule has 0 fully saturated rings. The van der Waals surface area contributed by atoms with Gasteiger partial charge in [-0.1, -0.05) is 34.1 Å². The van der Waals surface area contributed by atoms with E-state index in [-0.39, 0.29) is 5.91 Å². The number of hydrazone groups is 1. The molecule has 2 rings (SSSR count). The standard InChI is InChI=1S/C14H12BrN3O/c15-13-4-2-1-3-11(13)9-17-18-14(19)10-5-7-12(16)8-6-10/h1-9H,16H2,(H,18,19)/b17-9-. The van der Waals surface area contributed by atoms with Crippen molar-refractivity contribution in [1.29, 1.82) is 0 Å². The van der Waals surface area contributed by atoms with Gasteiger partial charge >= 0.3 is 0 Å². The van der Waals surface area contributed by atoms with Crippen molar-refractivity contribution in [2.24, 2.45) is 5.10 Å². The minimum absolute atomic E-state index is 0.275. The topological polar surface area (TPSA) is 67.5 Å². The van der Waals surface area contributed by atoms with Crippen molar-refractivity contribution < 1.29 is 4.79 Å². The fourth-order valence-electron chi connectivity index (χ4n) is 1.44. The van der Waals surface area contributed by atoms with Crippen LogP contribution in [-0.4, -0.2) is 12.1 Å². The highest BCUT2D eigenvalue weighted by atomic mass is 79.9. The fourth-order valence-corrected chi connectivity index (χ4v) is 1.83. The fraction of sp³-hybridized carbons (Fsp3) is 0. The highest BCUT2D eigenvalue weighted by Crippen LogP contribution is 2.13. The minimum atomic E-state index is -0.275. The quantitative estimate of drug-likeness (QED) is 0.519. The second kappa shape index (κ2) is 6.15. The van der Waals surface area contributed by atoms with Gasteiger partial charge in [0.25, 0.3) is 5.91 Å². The van der Waals surface area contributed by atoms with E-state index in [1.807, 2.05) is 24.3 Å². The molecule has 0 aliphatic carbocycles. The number of nitrogens with one attached hydrogen (secondary N) is 1. The number of carbonyl (C=O) groups excluding carboxylic acids is 1. The zero-order valence-corrected chi connectivity index (χ0v) is 11.6. The summed E-state index contributed by atoms with van der Waals surface area (Å²) in [5, 5.41) is 3.92. The molecule has 1 amide bonds. The van der Waals surface area contributed by atoms with Crippen LogP contribution in [0.4, 0.5) is 5.69 Å². The molecule has 2 aromatic carbocycles. The monoisotopic (exact) mass is 317 g/mol. The second-order valence-electron chi connectivity index (χ2n) is 3.84. The Kier molecular flexibility index (Phi) is 4.30. The number of amides is 1. The highest BCUT2D eigenvalue weighted by molar-refractivity contribution is 9.10. The van der Waals surface area contributed by atoms with Gasteiger partial charge in [0, 0.05) is 21.3 Å². The molecule has 0 heterocycles. The Morgan fingerprint density at radius 3 is 2.53 bits per heavy atom. The van der Waals surface area contributed by atoms with E-state index in [0.29, 0.717) is 11.3 Å². The van der Waals surface area contributed by atoms with Crippen LogP contribution in [0.1, 0.15) is 15.9 Å². The van der Waals surface area contributed by atoms with Crippen molar-refractivity contribution in [3.05, 3.63) is 64.1 Å². The average molecular weight is 318 g/mol. The molecule has 0 bridgehead atoms. The summed E-state index contributed by atoms with van der Waals surface area (Å²) in [4.78, 5) is 11.8. The van der Waals surface area contributed by atoms with Crippen LogP contribution in [0.2, 0.25) is 0 Å². The van der Waals surface area contributed by atoms with E-state index in [4.69, 9.17) is 5.73 Å². The van der Waals surface area contributed by atoms with Crippen LogP contribution >= 0.6 is 15.9 Å². The predicted molar refractivity (Wildman–Crippen MR) is 80.1 cm³/mol. The van der Waals surface area contributed by atoms with Crippen LogP contribution in [0.25, 0.3) is 0 Å². The summed E-state index contributed by atoms with van der Waals surface area (Å²) in [5.74, 6) is -0.275. The van der Waals surface area contributed by atoms with Crippen molar-refractivity contribution in [3.8, 4) is 0 Å². The normalized spacial score (nSPS) is 10.6. The van der Waals surface area contributed by atoms with Gasteiger partial charge in [-0.3, -0.25) is 4.79 Å². The molecule has 2 aromatic rings. The summed E-state index contributed by atoms with van der Waals surface area (Å²) in [6.07, 6.45) is 1.58. The summed E-state index contributed by atoms with van der Waals surface area (Å²) >= 11 is 3.40. The molecule has 0 saturated carbocycles. The molecule has 0 aliphatic heterocycles. The Morgan fingerprint density at radius 1 is 1.16 bits per heavy atom.